The largest absolute Gasteiger partial charge is 0.384 e. The summed E-state index contributed by atoms with van der Waals surface area (Å²) in [6.07, 6.45) is 0. The highest BCUT2D eigenvalue weighted by atomic mass is 16.6. The maximum atomic E-state index is 11.2. The van der Waals surface area contributed by atoms with Gasteiger partial charge in [0.05, 0.1) is 4.92 Å². The minimum Gasteiger partial charge on any atom is -0.384 e. The van der Waals surface area contributed by atoms with Crippen LogP contribution in [0.2, 0.25) is 0 Å². The smallest absolute Gasteiger partial charge is 0.295 e. The molecule has 0 saturated heterocycles. The molecule has 0 radical (unpaired) electrons. The van der Waals surface area contributed by atoms with E-state index in [1.165, 1.54) is 6.07 Å². The second-order valence-corrected chi connectivity index (χ2v) is 6.24. The molecule has 1 unspecified atom stereocenters. The van der Waals surface area contributed by atoms with Crippen LogP contribution in [0.25, 0.3) is 10.9 Å². The van der Waals surface area contributed by atoms with E-state index in [0.717, 1.165) is 5.56 Å². The van der Waals surface area contributed by atoms with Crippen molar-refractivity contribution in [2.24, 2.45) is 0 Å². The van der Waals surface area contributed by atoms with Gasteiger partial charge in [-0.2, -0.15) is 0 Å². The summed E-state index contributed by atoms with van der Waals surface area (Å²) < 4.78 is 0. The summed E-state index contributed by atoms with van der Waals surface area (Å²) in [6.45, 7) is 3.78. The zero-order valence-corrected chi connectivity index (χ0v) is 14.1. The lowest BCUT2D eigenvalue weighted by Gasteiger charge is -2.25. The van der Waals surface area contributed by atoms with E-state index in [9.17, 15) is 15.2 Å². The van der Waals surface area contributed by atoms with Crippen LogP contribution >= 0.6 is 0 Å². The molecule has 0 fully saturated rings. The van der Waals surface area contributed by atoms with Crippen LogP contribution in [0.1, 0.15) is 18.2 Å². The normalized spacial score (nSPS) is 13.4. The number of nitro benzene ring substituents is 1. The van der Waals surface area contributed by atoms with E-state index in [1.54, 1.807) is 26.0 Å². The van der Waals surface area contributed by atoms with E-state index >= 15 is 0 Å². The number of hydrogen-bond acceptors (Lipinski definition) is 5. The van der Waals surface area contributed by atoms with Gasteiger partial charge in [0, 0.05) is 29.4 Å². The van der Waals surface area contributed by atoms with E-state index < -0.39 is 10.5 Å². The van der Waals surface area contributed by atoms with E-state index in [1.807, 2.05) is 36.4 Å². The number of rotatable bonds is 5. The first-order chi connectivity index (χ1) is 11.9. The number of nitrogens with zero attached hydrogens (tertiary/aromatic N) is 2. The molecule has 0 aliphatic carbocycles. The lowest BCUT2D eigenvalue weighted by molar-refractivity contribution is -0.383. The number of nitro groups is 1. The van der Waals surface area contributed by atoms with Crippen LogP contribution in [0.5, 0.6) is 0 Å². The Balaban J connectivity index is 1.97. The molecule has 0 spiro atoms. The van der Waals surface area contributed by atoms with Crippen molar-refractivity contribution in [3.63, 3.8) is 0 Å². The summed E-state index contributed by atoms with van der Waals surface area (Å²) in [4.78, 5) is 15.1. The van der Waals surface area contributed by atoms with Crippen molar-refractivity contribution in [2.45, 2.75) is 19.4 Å². The Kier molecular flexibility index (Phi) is 4.37. The molecular weight excluding hydrogens is 318 g/mol. The van der Waals surface area contributed by atoms with E-state index in [0.29, 0.717) is 22.3 Å². The minimum atomic E-state index is -1.08. The van der Waals surface area contributed by atoms with Gasteiger partial charge >= 0.3 is 0 Å². The van der Waals surface area contributed by atoms with Crippen molar-refractivity contribution in [3.05, 3.63) is 76.0 Å². The molecule has 6 nitrogen and oxygen atoms in total. The third kappa shape index (κ3) is 3.44. The lowest BCUT2D eigenvalue weighted by Crippen LogP contribution is -2.30. The van der Waals surface area contributed by atoms with Gasteiger partial charge in [0.2, 0.25) is 0 Å². The summed E-state index contributed by atoms with van der Waals surface area (Å²) in [5, 5.41) is 25.9. The molecule has 25 heavy (non-hydrogen) atoms. The van der Waals surface area contributed by atoms with Crippen molar-refractivity contribution in [1.29, 1.82) is 0 Å². The molecule has 1 aromatic heterocycles. The van der Waals surface area contributed by atoms with Gasteiger partial charge in [-0.15, -0.1) is 0 Å². The Labute approximate surface area is 145 Å². The Bertz CT molecular complexity index is 924. The van der Waals surface area contributed by atoms with Gasteiger partial charge in [-0.05, 0) is 25.5 Å². The maximum absolute atomic E-state index is 11.2. The molecule has 1 heterocycles. The summed E-state index contributed by atoms with van der Waals surface area (Å²) >= 11 is 0. The van der Waals surface area contributed by atoms with E-state index in [4.69, 9.17) is 0 Å². The number of nitrogens with one attached hydrogen (secondary N) is 1. The van der Waals surface area contributed by atoms with Gasteiger partial charge in [-0.25, -0.2) is 4.98 Å². The van der Waals surface area contributed by atoms with Crippen LogP contribution in [0.4, 0.5) is 11.4 Å². The number of hydrogen-bond donors (Lipinski definition) is 2. The number of non-ortho nitro benzene ring substituents is 1. The highest BCUT2D eigenvalue weighted by molar-refractivity contribution is 5.96. The maximum Gasteiger partial charge on any atom is 0.295 e. The Morgan fingerprint density at radius 1 is 1.20 bits per heavy atom. The van der Waals surface area contributed by atoms with Crippen LogP contribution in [0.3, 0.4) is 0 Å². The fourth-order valence-electron chi connectivity index (χ4n) is 2.82. The summed E-state index contributed by atoms with van der Waals surface area (Å²) in [6, 6.07) is 16.1. The van der Waals surface area contributed by atoms with Gasteiger partial charge < -0.3 is 10.4 Å². The van der Waals surface area contributed by atoms with Gasteiger partial charge in [-0.1, -0.05) is 42.5 Å². The quantitative estimate of drug-likeness (QED) is 0.546. The van der Waals surface area contributed by atoms with Crippen LogP contribution in [-0.2, 0) is 5.60 Å². The Hall–Kier alpha value is -2.99. The van der Waals surface area contributed by atoms with Gasteiger partial charge in [-0.3, -0.25) is 10.1 Å². The monoisotopic (exact) mass is 337 g/mol. The van der Waals surface area contributed by atoms with Crippen molar-refractivity contribution < 1.29 is 10.0 Å². The molecule has 0 amide bonds. The Morgan fingerprint density at radius 3 is 2.60 bits per heavy atom. The molecule has 128 valence electrons. The number of fused-ring (bicyclic) bond motifs is 1. The fraction of sp³-hybridized carbons (Fsp3) is 0.211. The zero-order chi connectivity index (χ0) is 18.0. The average molecular weight is 337 g/mol. The summed E-state index contributed by atoms with van der Waals surface area (Å²) in [5.41, 5.74) is 1.41. The second-order valence-electron chi connectivity index (χ2n) is 6.24. The van der Waals surface area contributed by atoms with Crippen molar-refractivity contribution in [3.8, 4) is 0 Å². The SMILES string of the molecule is Cc1cc(NCC(C)(O)c2ccccc2)c2cccc([N+](=O)[O-])c2n1. The zero-order valence-electron chi connectivity index (χ0n) is 14.1. The molecule has 0 aliphatic heterocycles. The second kappa shape index (κ2) is 6.49. The minimum absolute atomic E-state index is 0.0286. The highest BCUT2D eigenvalue weighted by Gasteiger charge is 2.23. The molecule has 2 N–H and O–H groups in total. The van der Waals surface area contributed by atoms with E-state index in [-0.39, 0.29) is 12.2 Å². The summed E-state index contributed by atoms with van der Waals surface area (Å²) in [7, 11) is 0. The van der Waals surface area contributed by atoms with Crippen molar-refractivity contribution in [1.82, 2.24) is 4.98 Å². The van der Waals surface area contributed by atoms with Gasteiger partial charge in [0.25, 0.3) is 5.69 Å². The van der Waals surface area contributed by atoms with Crippen LogP contribution in [0.15, 0.2) is 54.6 Å². The number of aliphatic hydroxyl groups is 1. The van der Waals surface area contributed by atoms with Gasteiger partial charge in [0.15, 0.2) is 5.52 Å². The first-order valence-electron chi connectivity index (χ1n) is 7.95. The summed E-state index contributed by atoms with van der Waals surface area (Å²) in [5.74, 6) is 0. The molecule has 3 aromatic rings. The third-order valence-corrected chi connectivity index (χ3v) is 4.16. The predicted octanol–water partition coefficient (Wildman–Crippen LogP) is 3.77. The molecule has 0 aliphatic rings. The predicted molar refractivity (Wildman–Crippen MR) is 97.6 cm³/mol. The number of para-hydroxylation sites is 1. The number of benzene rings is 2. The lowest BCUT2D eigenvalue weighted by atomic mass is 9.96. The van der Waals surface area contributed by atoms with Gasteiger partial charge in [0.1, 0.15) is 5.60 Å². The van der Waals surface area contributed by atoms with Crippen LogP contribution < -0.4 is 5.32 Å². The standard InChI is InChI=1S/C19H19N3O3/c1-13-11-16(15-9-6-10-17(22(24)25)18(15)21-13)20-12-19(2,23)14-7-4-3-5-8-14/h3-11,23H,12H2,1-2H3,(H,20,21). The number of aromatic nitrogens is 1. The van der Waals surface area contributed by atoms with Crippen LogP contribution in [-0.4, -0.2) is 21.6 Å². The molecule has 1 atom stereocenters. The molecule has 0 saturated carbocycles. The number of aryl methyl sites for hydroxylation is 1. The Morgan fingerprint density at radius 2 is 1.92 bits per heavy atom. The number of anilines is 1. The first-order valence-corrected chi connectivity index (χ1v) is 7.95. The molecule has 0 bridgehead atoms. The molecule has 6 heteroatoms. The van der Waals surface area contributed by atoms with Crippen molar-refractivity contribution >= 4 is 22.3 Å². The molecular formula is C19H19N3O3. The first kappa shape index (κ1) is 16.9. The molecule has 3 rings (SSSR count). The average Bonchev–Trinajstić information content (AvgIpc) is 2.59. The molecule has 2 aromatic carbocycles. The topological polar surface area (TPSA) is 88.3 Å². The fourth-order valence-corrected chi connectivity index (χ4v) is 2.82. The number of pyridine rings is 1. The van der Waals surface area contributed by atoms with Crippen molar-refractivity contribution in [2.75, 3.05) is 11.9 Å². The highest BCUT2D eigenvalue weighted by Crippen LogP contribution is 2.31. The van der Waals surface area contributed by atoms with E-state index in [2.05, 4.69) is 10.3 Å². The van der Waals surface area contributed by atoms with Crippen LogP contribution in [0, 0.1) is 17.0 Å². The third-order valence-electron chi connectivity index (χ3n) is 4.16.